The van der Waals surface area contributed by atoms with Gasteiger partial charge in [-0.1, -0.05) is 18.2 Å². The Morgan fingerprint density at radius 2 is 2.00 bits per heavy atom. The first-order valence-corrected chi connectivity index (χ1v) is 8.83. The highest BCUT2D eigenvalue weighted by molar-refractivity contribution is 5.78. The molecule has 0 aliphatic carbocycles. The number of para-hydroxylation sites is 1. The van der Waals surface area contributed by atoms with Crippen LogP contribution in [-0.2, 0) is 22.7 Å². The molecule has 0 radical (unpaired) electrons. The molecule has 0 saturated heterocycles. The lowest BCUT2D eigenvalue weighted by Crippen LogP contribution is -2.31. The zero-order valence-electron chi connectivity index (χ0n) is 15.2. The molecule has 0 aliphatic heterocycles. The fourth-order valence-electron chi connectivity index (χ4n) is 3.17. The third-order valence-electron chi connectivity index (χ3n) is 4.55. The van der Waals surface area contributed by atoms with Gasteiger partial charge >= 0.3 is 11.7 Å². The standard InChI is InChI=1S/C20H18N4O4/c1-13-5-4-9-23-11-14(21-18(13)23)12-28-17(25)8-10-24-16-7-3-2-6-15(16)19(26)22-20(24)27/h2-7,9,11H,8,10,12H2,1H3,(H,22,26,27). The zero-order valence-corrected chi connectivity index (χ0v) is 15.2. The molecule has 0 bridgehead atoms. The molecule has 8 heteroatoms. The van der Waals surface area contributed by atoms with E-state index in [0.29, 0.717) is 16.6 Å². The second-order valence-electron chi connectivity index (χ2n) is 6.49. The maximum absolute atomic E-state index is 12.1. The summed E-state index contributed by atoms with van der Waals surface area (Å²) in [5, 5.41) is 0.399. The summed E-state index contributed by atoms with van der Waals surface area (Å²) in [4.78, 5) is 42.9. The number of aromatic amines is 1. The van der Waals surface area contributed by atoms with Crippen molar-refractivity contribution in [2.75, 3.05) is 0 Å². The fraction of sp³-hybridized carbons (Fsp3) is 0.200. The molecule has 3 heterocycles. The van der Waals surface area contributed by atoms with Gasteiger partial charge < -0.3 is 9.14 Å². The molecule has 0 fully saturated rings. The van der Waals surface area contributed by atoms with Gasteiger partial charge in [-0.05, 0) is 30.7 Å². The van der Waals surface area contributed by atoms with E-state index < -0.39 is 17.2 Å². The van der Waals surface area contributed by atoms with E-state index in [1.165, 1.54) is 4.57 Å². The van der Waals surface area contributed by atoms with Crippen molar-refractivity contribution in [3.8, 4) is 0 Å². The number of pyridine rings is 1. The minimum atomic E-state index is -0.549. The summed E-state index contributed by atoms with van der Waals surface area (Å²) in [6, 6.07) is 10.7. The number of rotatable bonds is 5. The van der Waals surface area contributed by atoms with E-state index in [9.17, 15) is 14.4 Å². The topological polar surface area (TPSA) is 98.5 Å². The van der Waals surface area contributed by atoms with Gasteiger partial charge in [0.25, 0.3) is 5.56 Å². The molecule has 142 valence electrons. The third kappa shape index (κ3) is 3.32. The van der Waals surface area contributed by atoms with Gasteiger partial charge in [-0.3, -0.25) is 19.1 Å². The van der Waals surface area contributed by atoms with Crippen molar-refractivity contribution >= 4 is 22.5 Å². The summed E-state index contributed by atoms with van der Waals surface area (Å²) < 4.78 is 8.54. The molecule has 0 spiro atoms. The Bertz CT molecular complexity index is 1300. The van der Waals surface area contributed by atoms with Crippen molar-refractivity contribution in [3.63, 3.8) is 0 Å². The highest BCUT2D eigenvalue weighted by atomic mass is 16.5. The van der Waals surface area contributed by atoms with Crippen LogP contribution in [0.1, 0.15) is 17.7 Å². The molecule has 1 aromatic carbocycles. The SMILES string of the molecule is Cc1cccn2cc(COC(=O)CCn3c(=O)[nH]c(=O)c4ccccc43)nc12. The Morgan fingerprint density at radius 1 is 1.18 bits per heavy atom. The lowest BCUT2D eigenvalue weighted by Gasteiger charge is -2.09. The largest absolute Gasteiger partial charge is 0.459 e. The number of benzene rings is 1. The van der Waals surface area contributed by atoms with E-state index >= 15 is 0 Å². The van der Waals surface area contributed by atoms with Gasteiger partial charge in [-0.25, -0.2) is 9.78 Å². The van der Waals surface area contributed by atoms with Gasteiger partial charge in [-0.15, -0.1) is 0 Å². The maximum atomic E-state index is 12.1. The van der Waals surface area contributed by atoms with Crippen LogP contribution in [0.3, 0.4) is 0 Å². The summed E-state index contributed by atoms with van der Waals surface area (Å²) >= 11 is 0. The first-order valence-electron chi connectivity index (χ1n) is 8.83. The van der Waals surface area contributed by atoms with Gasteiger partial charge in [0.2, 0.25) is 0 Å². The van der Waals surface area contributed by atoms with E-state index in [0.717, 1.165) is 11.2 Å². The van der Waals surface area contributed by atoms with Crippen LogP contribution in [0.15, 0.2) is 58.4 Å². The molecule has 1 N–H and O–H groups in total. The number of nitrogens with one attached hydrogen (secondary N) is 1. The van der Waals surface area contributed by atoms with E-state index in [-0.39, 0.29) is 19.6 Å². The maximum Gasteiger partial charge on any atom is 0.328 e. The van der Waals surface area contributed by atoms with Gasteiger partial charge in [0.15, 0.2) is 0 Å². The molecule has 4 rings (SSSR count). The summed E-state index contributed by atoms with van der Waals surface area (Å²) in [7, 11) is 0. The van der Waals surface area contributed by atoms with E-state index in [4.69, 9.17) is 4.74 Å². The molecule has 4 aromatic rings. The summed E-state index contributed by atoms with van der Waals surface area (Å²) in [5.41, 5.74) is 1.99. The number of aryl methyl sites for hydroxylation is 2. The molecule has 0 saturated carbocycles. The summed E-state index contributed by atoms with van der Waals surface area (Å²) in [6.07, 6.45) is 3.70. The van der Waals surface area contributed by atoms with Crippen LogP contribution >= 0.6 is 0 Å². The normalized spacial score (nSPS) is 11.2. The number of hydrogen-bond acceptors (Lipinski definition) is 5. The van der Waals surface area contributed by atoms with Gasteiger partial charge in [0, 0.05) is 18.9 Å². The lowest BCUT2D eigenvalue weighted by atomic mass is 10.2. The van der Waals surface area contributed by atoms with E-state index in [2.05, 4.69) is 9.97 Å². The van der Waals surface area contributed by atoms with Crippen LogP contribution in [0, 0.1) is 6.92 Å². The number of esters is 1. The van der Waals surface area contributed by atoms with Crippen LogP contribution in [0.2, 0.25) is 0 Å². The second kappa shape index (κ2) is 7.15. The summed E-state index contributed by atoms with van der Waals surface area (Å²) in [6.45, 7) is 2.13. The number of imidazole rings is 1. The van der Waals surface area contributed by atoms with Gasteiger partial charge in [0.05, 0.1) is 23.0 Å². The van der Waals surface area contributed by atoms with E-state index in [1.54, 1.807) is 24.3 Å². The summed E-state index contributed by atoms with van der Waals surface area (Å²) in [5.74, 6) is -0.448. The number of aromatic nitrogens is 4. The lowest BCUT2D eigenvalue weighted by molar-refractivity contribution is -0.145. The number of carbonyl (C=O) groups is 1. The van der Waals surface area contributed by atoms with Crippen LogP contribution in [0.5, 0.6) is 0 Å². The van der Waals surface area contributed by atoms with Crippen molar-refractivity contribution in [2.24, 2.45) is 0 Å². The molecule has 3 aromatic heterocycles. The number of carbonyl (C=O) groups excluding carboxylic acids is 1. The first-order chi connectivity index (χ1) is 13.5. The molecule has 8 nitrogen and oxygen atoms in total. The number of ether oxygens (including phenoxy) is 1. The van der Waals surface area contributed by atoms with Gasteiger partial charge in [0.1, 0.15) is 12.3 Å². The average Bonchev–Trinajstić information content (AvgIpc) is 3.11. The van der Waals surface area contributed by atoms with Crippen LogP contribution < -0.4 is 11.2 Å². The Morgan fingerprint density at radius 3 is 2.82 bits per heavy atom. The molecule has 28 heavy (non-hydrogen) atoms. The highest BCUT2D eigenvalue weighted by Crippen LogP contribution is 2.11. The average molecular weight is 378 g/mol. The monoisotopic (exact) mass is 378 g/mol. The van der Waals surface area contributed by atoms with Crippen molar-refractivity contribution in [1.29, 1.82) is 0 Å². The number of nitrogens with zero attached hydrogens (tertiary/aromatic N) is 3. The Labute approximate surface area is 159 Å². The molecular weight excluding hydrogens is 360 g/mol. The van der Waals surface area contributed by atoms with Crippen molar-refractivity contribution in [1.82, 2.24) is 18.9 Å². The number of hydrogen-bond donors (Lipinski definition) is 1. The predicted molar refractivity (Wildman–Crippen MR) is 103 cm³/mol. The Hall–Kier alpha value is -3.68. The first kappa shape index (κ1) is 17.7. The molecular formula is C20H18N4O4. The van der Waals surface area contributed by atoms with Crippen molar-refractivity contribution in [3.05, 3.63) is 80.9 Å². The van der Waals surface area contributed by atoms with Crippen molar-refractivity contribution < 1.29 is 9.53 Å². The van der Waals surface area contributed by atoms with Crippen molar-refractivity contribution in [2.45, 2.75) is 26.5 Å². The van der Waals surface area contributed by atoms with Crippen LogP contribution in [0.25, 0.3) is 16.6 Å². The quantitative estimate of drug-likeness (QED) is 0.534. The molecule has 0 unspecified atom stereocenters. The Kier molecular flexibility index (Phi) is 4.52. The predicted octanol–water partition coefficient (Wildman–Crippen LogP) is 1.78. The number of fused-ring (bicyclic) bond motifs is 2. The minimum Gasteiger partial charge on any atom is -0.459 e. The third-order valence-corrected chi connectivity index (χ3v) is 4.55. The highest BCUT2D eigenvalue weighted by Gasteiger charge is 2.11. The molecule has 0 aliphatic rings. The van der Waals surface area contributed by atoms with Crippen LogP contribution in [0.4, 0.5) is 0 Å². The molecule has 0 amide bonds. The number of H-pyrrole nitrogens is 1. The minimum absolute atomic E-state index is 0.00233. The molecule has 0 atom stereocenters. The van der Waals surface area contributed by atoms with Crippen LogP contribution in [-0.4, -0.2) is 24.9 Å². The smallest absolute Gasteiger partial charge is 0.328 e. The fourth-order valence-corrected chi connectivity index (χ4v) is 3.17. The Balaban J connectivity index is 1.45. The van der Waals surface area contributed by atoms with Gasteiger partial charge in [-0.2, -0.15) is 0 Å². The van der Waals surface area contributed by atoms with E-state index in [1.807, 2.05) is 35.9 Å². The zero-order chi connectivity index (χ0) is 19.7. The second-order valence-corrected chi connectivity index (χ2v) is 6.49.